The number of nitrogens with one attached hydrogen (secondary N) is 1. The SMILES string of the molecule is COc1cccc(C23CCN(C)CC2Cc2c([nH]c4ccc(F)cc24)C3)c1. The van der Waals surface area contributed by atoms with Gasteiger partial charge < -0.3 is 14.6 Å². The van der Waals surface area contributed by atoms with Crippen LogP contribution in [0.5, 0.6) is 5.75 Å². The van der Waals surface area contributed by atoms with Gasteiger partial charge in [0, 0.05) is 28.6 Å². The van der Waals surface area contributed by atoms with Crippen LogP contribution in [0, 0.1) is 11.7 Å². The third-order valence-electron chi connectivity index (χ3n) is 6.80. The number of methoxy groups -OCH3 is 1. The molecule has 5 rings (SSSR count). The fourth-order valence-corrected chi connectivity index (χ4v) is 5.37. The summed E-state index contributed by atoms with van der Waals surface area (Å²) in [5.41, 5.74) is 5.11. The lowest BCUT2D eigenvalue weighted by Gasteiger charge is -2.50. The predicted molar refractivity (Wildman–Crippen MR) is 106 cm³/mol. The maximum absolute atomic E-state index is 13.9. The summed E-state index contributed by atoms with van der Waals surface area (Å²) < 4.78 is 19.4. The number of halogens is 1. The van der Waals surface area contributed by atoms with Gasteiger partial charge in [-0.25, -0.2) is 4.39 Å². The molecule has 1 aliphatic carbocycles. The van der Waals surface area contributed by atoms with Gasteiger partial charge in [-0.1, -0.05) is 12.1 Å². The van der Waals surface area contributed by atoms with E-state index in [-0.39, 0.29) is 11.2 Å². The van der Waals surface area contributed by atoms with Crippen molar-refractivity contribution in [2.45, 2.75) is 24.7 Å². The van der Waals surface area contributed by atoms with E-state index in [0.717, 1.165) is 49.0 Å². The van der Waals surface area contributed by atoms with Crippen molar-refractivity contribution in [1.82, 2.24) is 9.88 Å². The van der Waals surface area contributed by atoms with Gasteiger partial charge >= 0.3 is 0 Å². The van der Waals surface area contributed by atoms with Gasteiger partial charge in [0.05, 0.1) is 7.11 Å². The van der Waals surface area contributed by atoms with Crippen molar-refractivity contribution < 1.29 is 9.13 Å². The molecule has 0 bridgehead atoms. The van der Waals surface area contributed by atoms with Crippen LogP contribution in [-0.2, 0) is 18.3 Å². The van der Waals surface area contributed by atoms with Gasteiger partial charge in [-0.2, -0.15) is 0 Å². The lowest BCUT2D eigenvalue weighted by Crippen LogP contribution is -2.52. The number of fused-ring (bicyclic) bond motifs is 4. The van der Waals surface area contributed by atoms with Crippen molar-refractivity contribution in [3.8, 4) is 5.75 Å². The van der Waals surface area contributed by atoms with Crippen molar-refractivity contribution in [1.29, 1.82) is 0 Å². The number of aromatic amines is 1. The second kappa shape index (κ2) is 6.10. The number of hydrogen-bond donors (Lipinski definition) is 1. The van der Waals surface area contributed by atoms with Crippen LogP contribution in [0.15, 0.2) is 42.5 Å². The average molecular weight is 364 g/mol. The van der Waals surface area contributed by atoms with Gasteiger partial charge in [0.15, 0.2) is 0 Å². The van der Waals surface area contributed by atoms with Gasteiger partial charge in [-0.3, -0.25) is 0 Å². The van der Waals surface area contributed by atoms with E-state index >= 15 is 0 Å². The minimum absolute atomic E-state index is 0.105. The van der Waals surface area contributed by atoms with Crippen molar-refractivity contribution in [2.24, 2.45) is 5.92 Å². The molecule has 1 saturated heterocycles. The van der Waals surface area contributed by atoms with Gasteiger partial charge in [0.2, 0.25) is 0 Å². The van der Waals surface area contributed by atoms with Crippen molar-refractivity contribution in [3.63, 3.8) is 0 Å². The molecule has 2 heterocycles. The van der Waals surface area contributed by atoms with Crippen LogP contribution >= 0.6 is 0 Å². The van der Waals surface area contributed by atoms with Crippen molar-refractivity contribution in [3.05, 3.63) is 65.1 Å². The summed E-state index contributed by atoms with van der Waals surface area (Å²) in [6.45, 7) is 2.16. The molecular weight excluding hydrogens is 339 g/mol. The quantitative estimate of drug-likeness (QED) is 0.734. The Bertz CT molecular complexity index is 1010. The van der Waals surface area contributed by atoms with Crippen LogP contribution in [0.1, 0.15) is 23.2 Å². The van der Waals surface area contributed by atoms with E-state index in [1.165, 1.54) is 16.8 Å². The minimum atomic E-state index is -0.158. The summed E-state index contributed by atoms with van der Waals surface area (Å²) in [4.78, 5) is 6.03. The number of hydrogen-bond acceptors (Lipinski definition) is 2. The van der Waals surface area contributed by atoms with Crippen molar-refractivity contribution >= 4 is 10.9 Å². The van der Waals surface area contributed by atoms with E-state index in [1.54, 1.807) is 19.2 Å². The summed E-state index contributed by atoms with van der Waals surface area (Å²) in [5, 5.41) is 1.05. The maximum atomic E-state index is 13.9. The zero-order valence-electron chi connectivity index (χ0n) is 15.9. The zero-order chi connectivity index (χ0) is 18.6. The molecule has 0 saturated carbocycles. The number of nitrogens with zero attached hydrogens (tertiary/aromatic N) is 1. The van der Waals surface area contributed by atoms with Gasteiger partial charge in [-0.15, -0.1) is 0 Å². The predicted octanol–water partition coefficient (Wildman–Crippen LogP) is 4.30. The van der Waals surface area contributed by atoms with Crippen LogP contribution in [0.4, 0.5) is 4.39 Å². The summed E-state index contributed by atoms with van der Waals surface area (Å²) in [6, 6.07) is 13.7. The van der Waals surface area contributed by atoms with E-state index < -0.39 is 0 Å². The number of ether oxygens (including phenoxy) is 1. The van der Waals surface area contributed by atoms with E-state index in [2.05, 4.69) is 35.1 Å². The lowest BCUT2D eigenvalue weighted by atomic mass is 9.59. The first kappa shape index (κ1) is 16.8. The van der Waals surface area contributed by atoms with E-state index in [9.17, 15) is 4.39 Å². The fourth-order valence-electron chi connectivity index (χ4n) is 5.37. The molecule has 0 radical (unpaired) electrons. The Morgan fingerprint density at radius 3 is 2.96 bits per heavy atom. The number of rotatable bonds is 2. The molecule has 1 aromatic heterocycles. The maximum Gasteiger partial charge on any atom is 0.123 e. The summed E-state index contributed by atoms with van der Waals surface area (Å²) >= 11 is 0. The van der Waals surface area contributed by atoms with Crippen molar-refractivity contribution in [2.75, 3.05) is 27.2 Å². The number of H-pyrrole nitrogens is 1. The molecule has 1 aliphatic heterocycles. The second-order valence-electron chi connectivity index (χ2n) is 8.25. The Kier molecular flexibility index (Phi) is 3.80. The molecule has 140 valence electrons. The number of likely N-dealkylation sites (tertiary alicyclic amines) is 1. The van der Waals surface area contributed by atoms with Gasteiger partial charge in [-0.05, 0) is 80.2 Å². The highest BCUT2D eigenvalue weighted by Gasteiger charge is 2.47. The molecule has 2 atom stereocenters. The molecular formula is C23H25FN2O. The highest BCUT2D eigenvalue weighted by Crippen LogP contribution is 2.49. The molecule has 4 heteroatoms. The zero-order valence-corrected chi connectivity index (χ0v) is 15.9. The molecule has 2 unspecified atom stereocenters. The molecule has 27 heavy (non-hydrogen) atoms. The third-order valence-corrected chi connectivity index (χ3v) is 6.80. The standard InChI is InChI=1S/C23H25FN2O/c1-26-9-8-23(15-4-3-5-18(10-15)27-2)13-22-19(11-16(23)14-26)20-12-17(24)6-7-21(20)25-22/h3-7,10,12,16,25H,8-9,11,13-14H2,1-2H3. The van der Waals surface area contributed by atoms with E-state index in [1.807, 2.05) is 12.1 Å². The molecule has 3 nitrogen and oxygen atoms in total. The third kappa shape index (κ3) is 2.58. The Balaban J connectivity index is 1.66. The Morgan fingerprint density at radius 1 is 1.22 bits per heavy atom. The monoisotopic (exact) mass is 364 g/mol. The normalized spacial score (nSPS) is 25.2. The Hall–Kier alpha value is -2.33. The first-order valence-electron chi connectivity index (χ1n) is 9.71. The molecule has 2 aromatic carbocycles. The van der Waals surface area contributed by atoms with Crippen LogP contribution < -0.4 is 4.74 Å². The molecule has 1 N–H and O–H groups in total. The fraction of sp³-hybridized carbons (Fsp3) is 0.391. The highest BCUT2D eigenvalue weighted by molar-refractivity contribution is 5.85. The molecule has 0 spiro atoms. The first-order chi connectivity index (χ1) is 13.1. The highest BCUT2D eigenvalue weighted by atomic mass is 19.1. The van der Waals surface area contributed by atoms with Crippen LogP contribution in [0.2, 0.25) is 0 Å². The molecule has 2 aliphatic rings. The van der Waals surface area contributed by atoms with Gasteiger partial charge in [0.25, 0.3) is 0 Å². The first-order valence-corrected chi connectivity index (χ1v) is 9.71. The molecule has 3 aromatic rings. The topological polar surface area (TPSA) is 28.3 Å². The molecule has 0 amide bonds. The summed E-state index contributed by atoms with van der Waals surface area (Å²) in [6.07, 6.45) is 3.09. The van der Waals surface area contributed by atoms with Crippen LogP contribution in [0.25, 0.3) is 10.9 Å². The lowest BCUT2D eigenvalue weighted by molar-refractivity contribution is 0.0994. The summed E-state index contributed by atoms with van der Waals surface area (Å²) in [5.74, 6) is 1.27. The van der Waals surface area contributed by atoms with E-state index in [0.29, 0.717) is 5.92 Å². The number of aromatic nitrogens is 1. The second-order valence-corrected chi connectivity index (χ2v) is 8.25. The smallest absolute Gasteiger partial charge is 0.123 e. The average Bonchev–Trinajstić information content (AvgIpc) is 3.02. The number of benzene rings is 2. The minimum Gasteiger partial charge on any atom is -0.497 e. The van der Waals surface area contributed by atoms with Gasteiger partial charge in [0.1, 0.15) is 11.6 Å². The largest absolute Gasteiger partial charge is 0.497 e. The number of piperidine rings is 1. The Labute approximate surface area is 159 Å². The summed E-state index contributed by atoms with van der Waals surface area (Å²) in [7, 11) is 3.94. The van der Waals surface area contributed by atoms with Crippen LogP contribution in [0.3, 0.4) is 0 Å². The Morgan fingerprint density at radius 2 is 2.11 bits per heavy atom. The van der Waals surface area contributed by atoms with Crippen LogP contribution in [-0.4, -0.2) is 37.1 Å². The molecule has 1 fully saturated rings. The van der Waals surface area contributed by atoms with E-state index in [4.69, 9.17) is 4.74 Å².